The van der Waals surface area contributed by atoms with Crippen molar-refractivity contribution < 1.29 is 9.90 Å². The molecule has 0 spiro atoms. The Morgan fingerprint density at radius 1 is 1.22 bits per heavy atom. The number of urea groups is 1. The third-order valence-corrected chi connectivity index (χ3v) is 4.77. The number of aliphatic hydroxyl groups is 1. The second kappa shape index (κ2) is 8.80. The van der Waals surface area contributed by atoms with Gasteiger partial charge >= 0.3 is 6.03 Å². The maximum atomic E-state index is 11.9. The number of aliphatic hydroxyl groups excluding tert-OH is 1. The zero-order valence-corrected chi connectivity index (χ0v) is 16.8. The summed E-state index contributed by atoms with van der Waals surface area (Å²) in [5.41, 5.74) is 12.3. The largest absolute Gasteiger partial charge is 0.396 e. The Bertz CT molecular complexity index is 777. The number of nitrogens with two attached hydrogens (primary N) is 2. The molecule has 2 aromatic rings. The molecule has 1 unspecified atom stereocenters. The monoisotopic (exact) mass is 410 g/mol. The molecule has 0 aliphatic rings. The van der Waals surface area contributed by atoms with Gasteiger partial charge in [0.15, 0.2) is 0 Å². The molecule has 6 nitrogen and oxygen atoms in total. The summed E-state index contributed by atoms with van der Waals surface area (Å²) in [6.07, 6.45) is -0.848. The molecule has 0 aliphatic carbocycles. The third-order valence-electron chi connectivity index (χ3n) is 4.15. The summed E-state index contributed by atoms with van der Waals surface area (Å²) in [4.78, 5) is 13.4. The van der Waals surface area contributed by atoms with Gasteiger partial charge in [-0.3, -0.25) is 4.90 Å². The van der Waals surface area contributed by atoms with E-state index in [1.54, 1.807) is 12.1 Å². The lowest BCUT2D eigenvalue weighted by Crippen LogP contribution is -2.53. The van der Waals surface area contributed by atoms with E-state index in [4.69, 9.17) is 34.7 Å². The smallest absolute Gasteiger partial charge is 0.319 e. The summed E-state index contributed by atoms with van der Waals surface area (Å²) in [6, 6.07) is 11.8. The third kappa shape index (κ3) is 5.74. The molecule has 0 saturated heterocycles. The predicted octanol–water partition coefficient (Wildman–Crippen LogP) is 3.56. The highest BCUT2D eigenvalue weighted by Gasteiger charge is 2.25. The van der Waals surface area contributed by atoms with Gasteiger partial charge in [-0.25, -0.2) is 4.79 Å². The van der Waals surface area contributed by atoms with E-state index in [1.807, 2.05) is 44.2 Å². The number of amides is 2. The van der Waals surface area contributed by atoms with Gasteiger partial charge in [0, 0.05) is 24.3 Å². The maximum absolute atomic E-state index is 11.9. The van der Waals surface area contributed by atoms with E-state index in [-0.39, 0.29) is 12.2 Å². The number of hydrogen-bond acceptors (Lipinski definition) is 4. The zero-order chi connectivity index (χ0) is 20.2. The highest BCUT2D eigenvalue weighted by molar-refractivity contribution is 6.38. The van der Waals surface area contributed by atoms with Crippen molar-refractivity contribution >= 4 is 40.6 Å². The number of anilines is 2. The zero-order valence-electron chi connectivity index (χ0n) is 15.2. The van der Waals surface area contributed by atoms with Crippen LogP contribution >= 0.6 is 23.2 Å². The summed E-state index contributed by atoms with van der Waals surface area (Å²) >= 11 is 12.1. The van der Waals surface area contributed by atoms with Crippen molar-refractivity contribution in [3.63, 3.8) is 0 Å². The highest BCUT2D eigenvalue weighted by Crippen LogP contribution is 2.31. The van der Waals surface area contributed by atoms with Gasteiger partial charge in [-0.15, -0.1) is 0 Å². The van der Waals surface area contributed by atoms with Crippen LogP contribution in [-0.2, 0) is 0 Å². The van der Waals surface area contributed by atoms with Crippen molar-refractivity contribution in [1.82, 2.24) is 5.32 Å². The van der Waals surface area contributed by atoms with Crippen molar-refractivity contribution in [1.29, 1.82) is 0 Å². The number of benzene rings is 2. The Labute approximate surface area is 169 Å². The van der Waals surface area contributed by atoms with E-state index in [0.717, 1.165) is 0 Å². The lowest BCUT2D eigenvalue weighted by molar-refractivity contribution is 0.161. The van der Waals surface area contributed by atoms with Crippen LogP contribution in [-0.4, -0.2) is 29.8 Å². The van der Waals surface area contributed by atoms with Crippen molar-refractivity contribution in [3.8, 4) is 0 Å². The average molecular weight is 411 g/mol. The van der Waals surface area contributed by atoms with E-state index >= 15 is 0 Å². The van der Waals surface area contributed by atoms with E-state index in [1.165, 1.54) is 4.90 Å². The maximum Gasteiger partial charge on any atom is 0.319 e. The molecule has 2 aromatic carbocycles. The second-order valence-corrected chi connectivity index (χ2v) is 7.75. The number of nitrogens with zero attached hydrogens (tertiary/aromatic N) is 1. The summed E-state index contributed by atoms with van der Waals surface area (Å²) < 4.78 is 0. The van der Waals surface area contributed by atoms with Crippen LogP contribution in [0.4, 0.5) is 16.2 Å². The number of para-hydroxylation sites is 1. The quantitative estimate of drug-likeness (QED) is 0.523. The molecule has 0 aromatic heterocycles. The van der Waals surface area contributed by atoms with Crippen LogP contribution in [0.15, 0.2) is 42.5 Å². The topological polar surface area (TPSA) is 105 Å². The van der Waals surface area contributed by atoms with Crippen molar-refractivity contribution in [2.75, 3.05) is 23.7 Å². The molecule has 2 amide bonds. The van der Waals surface area contributed by atoms with Crippen LogP contribution in [0.3, 0.4) is 0 Å². The lowest BCUT2D eigenvalue weighted by atomic mass is 10.0. The Balaban J connectivity index is 2.06. The summed E-state index contributed by atoms with van der Waals surface area (Å²) in [5.74, 6) is 0. The van der Waals surface area contributed by atoms with Crippen LogP contribution in [0.5, 0.6) is 0 Å². The van der Waals surface area contributed by atoms with Crippen LogP contribution in [0.25, 0.3) is 0 Å². The van der Waals surface area contributed by atoms with Crippen molar-refractivity contribution in [2.24, 2.45) is 5.73 Å². The molecular weight excluding hydrogens is 387 g/mol. The van der Waals surface area contributed by atoms with E-state index < -0.39 is 17.7 Å². The SMILES string of the molecule is CC(C)(CN(C(N)=O)c1ccccc1)NCC(O)c1cc(Cl)c(N)c(Cl)c1. The number of nitrogen functional groups attached to an aromatic ring is 1. The minimum Gasteiger partial charge on any atom is -0.396 e. The Morgan fingerprint density at radius 2 is 1.78 bits per heavy atom. The first-order chi connectivity index (χ1) is 12.6. The van der Waals surface area contributed by atoms with Gasteiger partial charge in [0.05, 0.1) is 21.8 Å². The van der Waals surface area contributed by atoms with Crippen molar-refractivity contribution in [2.45, 2.75) is 25.5 Å². The van der Waals surface area contributed by atoms with Gasteiger partial charge in [-0.1, -0.05) is 41.4 Å². The van der Waals surface area contributed by atoms with Gasteiger partial charge in [0.2, 0.25) is 0 Å². The van der Waals surface area contributed by atoms with Crippen molar-refractivity contribution in [3.05, 3.63) is 58.1 Å². The van der Waals surface area contributed by atoms with E-state index in [9.17, 15) is 9.90 Å². The Kier molecular flexibility index (Phi) is 6.95. The lowest BCUT2D eigenvalue weighted by Gasteiger charge is -2.33. The molecule has 0 heterocycles. The number of carbonyl (C=O) groups is 1. The average Bonchev–Trinajstić information content (AvgIpc) is 2.62. The molecule has 8 heteroatoms. The number of halogens is 2. The number of carbonyl (C=O) groups excluding carboxylic acids is 1. The Hall–Kier alpha value is -1.99. The van der Waals surface area contributed by atoms with Crippen LogP contribution in [0, 0.1) is 0 Å². The fraction of sp³-hybridized carbons (Fsp3) is 0.316. The minimum atomic E-state index is -0.848. The molecule has 146 valence electrons. The van der Waals surface area contributed by atoms with Gasteiger partial charge in [-0.05, 0) is 43.7 Å². The van der Waals surface area contributed by atoms with Gasteiger partial charge in [0.1, 0.15) is 0 Å². The van der Waals surface area contributed by atoms with Crippen LogP contribution in [0.1, 0.15) is 25.5 Å². The molecule has 0 radical (unpaired) electrons. The number of nitrogens with one attached hydrogen (secondary N) is 1. The van der Waals surface area contributed by atoms with E-state index in [2.05, 4.69) is 5.32 Å². The molecule has 1 atom stereocenters. The van der Waals surface area contributed by atoms with E-state index in [0.29, 0.717) is 27.8 Å². The Morgan fingerprint density at radius 3 is 2.30 bits per heavy atom. The fourth-order valence-electron chi connectivity index (χ4n) is 2.64. The molecule has 27 heavy (non-hydrogen) atoms. The van der Waals surface area contributed by atoms with Gasteiger partial charge in [0.25, 0.3) is 0 Å². The number of rotatable bonds is 7. The first-order valence-corrected chi connectivity index (χ1v) is 9.16. The second-order valence-electron chi connectivity index (χ2n) is 6.94. The van der Waals surface area contributed by atoms with Crippen LogP contribution < -0.4 is 21.7 Å². The molecule has 0 fully saturated rings. The fourth-order valence-corrected chi connectivity index (χ4v) is 3.15. The van der Waals surface area contributed by atoms with Crippen LogP contribution in [0.2, 0.25) is 10.0 Å². The normalized spacial score (nSPS) is 12.6. The predicted molar refractivity (Wildman–Crippen MR) is 111 cm³/mol. The molecular formula is C19H24Cl2N4O2. The standard InChI is InChI=1S/C19H24Cl2N4O2/c1-19(2,11-25(18(23)27)13-6-4-3-5-7-13)24-10-16(26)12-8-14(20)17(22)15(21)9-12/h3-9,16,24,26H,10-11,22H2,1-2H3,(H2,23,27). The summed E-state index contributed by atoms with van der Waals surface area (Å²) in [6.45, 7) is 4.39. The highest BCUT2D eigenvalue weighted by atomic mass is 35.5. The molecule has 0 bridgehead atoms. The van der Waals surface area contributed by atoms with Gasteiger partial charge < -0.3 is 21.9 Å². The number of primary amides is 1. The summed E-state index contributed by atoms with van der Waals surface area (Å²) in [7, 11) is 0. The first kappa shape index (κ1) is 21.3. The number of hydrogen-bond donors (Lipinski definition) is 4. The first-order valence-electron chi connectivity index (χ1n) is 8.40. The molecule has 0 aliphatic heterocycles. The molecule has 0 saturated carbocycles. The number of β-amino-alcohol motifs (C(OH)–C–C–N with tert-alkyl or cyclic N) is 1. The molecule has 6 N–H and O–H groups in total. The summed E-state index contributed by atoms with van der Waals surface area (Å²) in [5, 5.41) is 14.3. The van der Waals surface area contributed by atoms with Gasteiger partial charge in [-0.2, -0.15) is 0 Å². The minimum absolute atomic E-state index is 0.227. The molecule has 2 rings (SSSR count).